The van der Waals surface area contributed by atoms with Crippen LogP contribution in [0.4, 0.5) is 0 Å². The van der Waals surface area contributed by atoms with Crippen molar-refractivity contribution in [1.82, 2.24) is 4.98 Å². The van der Waals surface area contributed by atoms with Crippen molar-refractivity contribution in [2.45, 2.75) is 45.1 Å². The van der Waals surface area contributed by atoms with E-state index >= 15 is 0 Å². The summed E-state index contributed by atoms with van der Waals surface area (Å²) >= 11 is 0. The van der Waals surface area contributed by atoms with Gasteiger partial charge in [-0.15, -0.1) is 0 Å². The third kappa shape index (κ3) is 2.78. The van der Waals surface area contributed by atoms with E-state index in [-0.39, 0.29) is 6.61 Å². The van der Waals surface area contributed by atoms with Crippen LogP contribution < -0.4 is 0 Å². The summed E-state index contributed by atoms with van der Waals surface area (Å²) in [5.74, 6) is 0.791. The molecule has 0 atom stereocenters. The standard InChI is InChI=1S/C13H19NO/c15-10-12-7-4-8-14-13(12)9-11-5-2-1-3-6-11/h4,7-8,11,15H,1-3,5-6,9-10H2. The average molecular weight is 205 g/mol. The van der Waals surface area contributed by atoms with Gasteiger partial charge in [-0.3, -0.25) is 4.98 Å². The first-order valence-electron chi connectivity index (χ1n) is 5.94. The lowest BCUT2D eigenvalue weighted by Gasteiger charge is -2.21. The summed E-state index contributed by atoms with van der Waals surface area (Å²) in [5.41, 5.74) is 2.11. The largest absolute Gasteiger partial charge is 0.392 e. The minimum atomic E-state index is 0.121. The molecule has 0 bridgehead atoms. The summed E-state index contributed by atoms with van der Waals surface area (Å²) in [6.45, 7) is 0.121. The van der Waals surface area contributed by atoms with E-state index in [2.05, 4.69) is 4.98 Å². The van der Waals surface area contributed by atoms with E-state index in [1.54, 1.807) is 0 Å². The van der Waals surface area contributed by atoms with Gasteiger partial charge in [0.15, 0.2) is 0 Å². The molecule has 2 nitrogen and oxygen atoms in total. The molecule has 0 radical (unpaired) electrons. The number of aliphatic hydroxyl groups excluding tert-OH is 1. The first-order chi connectivity index (χ1) is 7.40. The molecule has 1 aromatic heterocycles. The first-order valence-corrected chi connectivity index (χ1v) is 5.94. The molecule has 0 aliphatic heterocycles. The fourth-order valence-electron chi connectivity index (χ4n) is 2.46. The maximum absolute atomic E-state index is 9.21. The highest BCUT2D eigenvalue weighted by molar-refractivity contribution is 5.19. The molecule has 0 saturated heterocycles. The predicted octanol–water partition coefficient (Wildman–Crippen LogP) is 2.70. The Labute approximate surface area is 91.4 Å². The van der Waals surface area contributed by atoms with E-state index in [0.717, 1.165) is 23.6 Å². The number of hydrogen-bond donors (Lipinski definition) is 1. The second-order valence-electron chi connectivity index (χ2n) is 4.48. The molecule has 0 amide bonds. The summed E-state index contributed by atoms with van der Waals surface area (Å²) in [6.07, 6.45) is 9.68. The van der Waals surface area contributed by atoms with Crippen molar-refractivity contribution in [1.29, 1.82) is 0 Å². The number of rotatable bonds is 3. The van der Waals surface area contributed by atoms with Crippen LogP contribution in [0.1, 0.15) is 43.4 Å². The van der Waals surface area contributed by atoms with Crippen LogP contribution >= 0.6 is 0 Å². The maximum atomic E-state index is 9.21. The van der Waals surface area contributed by atoms with Crippen molar-refractivity contribution in [2.24, 2.45) is 5.92 Å². The van der Waals surface area contributed by atoms with Gasteiger partial charge in [0.1, 0.15) is 0 Å². The maximum Gasteiger partial charge on any atom is 0.0699 e. The Kier molecular flexibility index (Phi) is 3.73. The Morgan fingerprint density at radius 3 is 2.80 bits per heavy atom. The van der Waals surface area contributed by atoms with Crippen LogP contribution in [0.3, 0.4) is 0 Å². The Bertz CT molecular complexity index is 305. The lowest BCUT2D eigenvalue weighted by molar-refractivity contribution is 0.277. The van der Waals surface area contributed by atoms with Crippen LogP contribution in [0.2, 0.25) is 0 Å². The highest BCUT2D eigenvalue weighted by atomic mass is 16.3. The van der Waals surface area contributed by atoms with E-state index < -0.39 is 0 Å². The molecule has 1 N–H and O–H groups in total. The van der Waals surface area contributed by atoms with Gasteiger partial charge in [0.05, 0.1) is 6.61 Å². The summed E-state index contributed by atoms with van der Waals surface area (Å²) in [7, 11) is 0. The minimum absolute atomic E-state index is 0.121. The van der Waals surface area contributed by atoms with Gasteiger partial charge < -0.3 is 5.11 Å². The predicted molar refractivity (Wildman–Crippen MR) is 60.4 cm³/mol. The zero-order valence-electron chi connectivity index (χ0n) is 9.15. The molecule has 15 heavy (non-hydrogen) atoms. The van der Waals surface area contributed by atoms with Crippen molar-refractivity contribution >= 4 is 0 Å². The molecule has 82 valence electrons. The quantitative estimate of drug-likeness (QED) is 0.823. The number of pyridine rings is 1. The number of nitrogens with zero attached hydrogens (tertiary/aromatic N) is 1. The van der Waals surface area contributed by atoms with E-state index in [1.807, 2.05) is 18.3 Å². The van der Waals surface area contributed by atoms with Crippen molar-refractivity contribution in [3.63, 3.8) is 0 Å². The third-order valence-corrected chi connectivity index (χ3v) is 3.36. The monoisotopic (exact) mass is 205 g/mol. The zero-order chi connectivity index (χ0) is 10.5. The van der Waals surface area contributed by atoms with Gasteiger partial charge in [0, 0.05) is 11.9 Å². The van der Waals surface area contributed by atoms with Crippen LogP contribution in [0.5, 0.6) is 0 Å². The fourth-order valence-corrected chi connectivity index (χ4v) is 2.46. The van der Waals surface area contributed by atoms with Crippen molar-refractivity contribution < 1.29 is 5.11 Å². The molecular weight excluding hydrogens is 186 g/mol. The van der Waals surface area contributed by atoms with Crippen molar-refractivity contribution in [3.8, 4) is 0 Å². The van der Waals surface area contributed by atoms with E-state index in [4.69, 9.17) is 0 Å². The Hall–Kier alpha value is -0.890. The first kappa shape index (κ1) is 10.6. The van der Waals surface area contributed by atoms with Crippen molar-refractivity contribution in [3.05, 3.63) is 29.6 Å². The molecule has 0 aromatic carbocycles. The molecule has 1 aromatic rings. The van der Waals surface area contributed by atoms with Crippen molar-refractivity contribution in [2.75, 3.05) is 0 Å². The Morgan fingerprint density at radius 1 is 1.27 bits per heavy atom. The fraction of sp³-hybridized carbons (Fsp3) is 0.615. The normalized spacial score (nSPS) is 17.9. The summed E-state index contributed by atoms with van der Waals surface area (Å²) in [4.78, 5) is 4.38. The number of aromatic nitrogens is 1. The second kappa shape index (κ2) is 5.26. The molecule has 0 unspecified atom stereocenters. The molecule has 1 fully saturated rings. The van der Waals surface area contributed by atoms with Crippen LogP contribution in [0, 0.1) is 5.92 Å². The van der Waals surface area contributed by atoms with Crippen LogP contribution in [-0.4, -0.2) is 10.1 Å². The highest BCUT2D eigenvalue weighted by Crippen LogP contribution is 2.27. The number of hydrogen-bond acceptors (Lipinski definition) is 2. The van der Waals surface area contributed by atoms with Crippen LogP contribution in [0.25, 0.3) is 0 Å². The van der Waals surface area contributed by atoms with Gasteiger partial charge in [0.2, 0.25) is 0 Å². The third-order valence-electron chi connectivity index (χ3n) is 3.36. The van der Waals surface area contributed by atoms with E-state index in [0.29, 0.717) is 0 Å². The van der Waals surface area contributed by atoms with Gasteiger partial charge in [0.25, 0.3) is 0 Å². The van der Waals surface area contributed by atoms with E-state index in [9.17, 15) is 5.11 Å². The minimum Gasteiger partial charge on any atom is -0.392 e. The molecular formula is C13H19NO. The Balaban J connectivity index is 2.02. The molecule has 1 aliphatic rings. The lowest BCUT2D eigenvalue weighted by Crippen LogP contribution is -2.11. The van der Waals surface area contributed by atoms with Gasteiger partial charge in [-0.25, -0.2) is 0 Å². The lowest BCUT2D eigenvalue weighted by atomic mass is 9.85. The highest BCUT2D eigenvalue weighted by Gasteiger charge is 2.15. The molecule has 1 heterocycles. The molecule has 1 aliphatic carbocycles. The molecule has 0 spiro atoms. The SMILES string of the molecule is OCc1cccnc1CC1CCCCC1. The topological polar surface area (TPSA) is 33.1 Å². The van der Waals surface area contributed by atoms with Gasteiger partial charge in [-0.1, -0.05) is 38.2 Å². The van der Waals surface area contributed by atoms with E-state index in [1.165, 1.54) is 32.1 Å². The summed E-state index contributed by atoms with van der Waals surface area (Å²) in [6, 6.07) is 3.88. The van der Waals surface area contributed by atoms with Crippen LogP contribution in [0.15, 0.2) is 18.3 Å². The van der Waals surface area contributed by atoms with Gasteiger partial charge >= 0.3 is 0 Å². The molecule has 2 heteroatoms. The average Bonchev–Trinajstić information content (AvgIpc) is 2.31. The molecule has 2 rings (SSSR count). The van der Waals surface area contributed by atoms with Gasteiger partial charge in [-0.05, 0) is 24.0 Å². The second-order valence-corrected chi connectivity index (χ2v) is 4.48. The molecule has 1 saturated carbocycles. The summed E-state index contributed by atoms with van der Waals surface area (Å²) < 4.78 is 0. The Morgan fingerprint density at radius 2 is 2.07 bits per heavy atom. The number of aliphatic hydroxyl groups is 1. The van der Waals surface area contributed by atoms with Crippen LogP contribution in [-0.2, 0) is 13.0 Å². The van der Waals surface area contributed by atoms with Gasteiger partial charge in [-0.2, -0.15) is 0 Å². The smallest absolute Gasteiger partial charge is 0.0699 e. The summed E-state index contributed by atoms with van der Waals surface area (Å²) in [5, 5.41) is 9.21. The zero-order valence-corrected chi connectivity index (χ0v) is 9.15.